The molecule has 1 aliphatic heterocycles. The van der Waals surface area contributed by atoms with E-state index in [-0.39, 0.29) is 11.9 Å². The van der Waals surface area contributed by atoms with E-state index in [2.05, 4.69) is 10.6 Å². The summed E-state index contributed by atoms with van der Waals surface area (Å²) < 4.78 is 24.8. The molecule has 1 atom stereocenters. The Balaban J connectivity index is 1.95. The predicted octanol–water partition coefficient (Wildman–Crippen LogP) is 3.30. The zero-order chi connectivity index (χ0) is 16.2. The fraction of sp³-hybridized carbons (Fsp3) is 0.562. The quantitative estimate of drug-likeness (QED) is 0.899. The molecule has 22 heavy (non-hydrogen) atoms. The van der Waals surface area contributed by atoms with Crippen molar-refractivity contribution in [1.82, 2.24) is 5.32 Å². The minimum Gasteiger partial charge on any atom is -0.486 e. The summed E-state index contributed by atoms with van der Waals surface area (Å²) in [7, 11) is 0. The monoisotopic (exact) mass is 310 g/mol. The Morgan fingerprint density at radius 3 is 2.77 bits per heavy atom. The van der Waals surface area contributed by atoms with Gasteiger partial charge in [-0.2, -0.15) is 0 Å². The van der Waals surface area contributed by atoms with Gasteiger partial charge in [-0.1, -0.05) is 0 Å². The van der Waals surface area contributed by atoms with Crippen molar-refractivity contribution in [2.45, 2.75) is 45.3 Å². The number of benzene rings is 1. The second kappa shape index (κ2) is 6.96. The van der Waals surface area contributed by atoms with E-state index in [1.54, 1.807) is 26.8 Å². The lowest BCUT2D eigenvalue weighted by Gasteiger charge is -2.24. The van der Waals surface area contributed by atoms with Crippen molar-refractivity contribution >= 4 is 11.8 Å². The first-order chi connectivity index (χ1) is 10.3. The van der Waals surface area contributed by atoms with Crippen LogP contribution in [0.2, 0.25) is 0 Å². The van der Waals surface area contributed by atoms with Crippen molar-refractivity contribution in [1.29, 1.82) is 0 Å². The highest BCUT2D eigenvalue weighted by atomic mass is 19.1. The van der Waals surface area contributed by atoms with E-state index in [1.165, 1.54) is 12.1 Å². The molecule has 6 heteroatoms. The number of hydrogen-bond donors (Lipinski definition) is 2. The van der Waals surface area contributed by atoms with Crippen LogP contribution in [0, 0.1) is 5.82 Å². The molecule has 1 saturated heterocycles. The minimum atomic E-state index is -0.614. The molecule has 0 spiro atoms. The van der Waals surface area contributed by atoms with Gasteiger partial charge in [0.25, 0.3) is 0 Å². The Bertz CT molecular complexity index is 523. The summed E-state index contributed by atoms with van der Waals surface area (Å²) >= 11 is 0. The summed E-state index contributed by atoms with van der Waals surface area (Å²) in [5.74, 6) is -0.303. The maximum atomic E-state index is 14.1. The maximum absolute atomic E-state index is 14.1. The molecular formula is C16H23FN2O3. The summed E-state index contributed by atoms with van der Waals surface area (Å²) in [6.45, 7) is 6.99. The summed E-state index contributed by atoms with van der Waals surface area (Å²) in [4.78, 5) is 11.6. The number of anilines is 1. The van der Waals surface area contributed by atoms with Crippen molar-refractivity contribution in [3.05, 3.63) is 24.0 Å². The molecule has 0 aromatic heterocycles. The molecule has 0 radical (unpaired) electrons. The fourth-order valence-corrected chi connectivity index (χ4v) is 2.20. The summed E-state index contributed by atoms with van der Waals surface area (Å²) in [5, 5.41) is 5.71. The number of carbonyl (C=O) groups excluding carboxylic acids is 1. The zero-order valence-corrected chi connectivity index (χ0v) is 13.2. The Labute approximate surface area is 130 Å². The van der Waals surface area contributed by atoms with Crippen molar-refractivity contribution in [3.63, 3.8) is 0 Å². The van der Waals surface area contributed by atoms with Gasteiger partial charge in [0, 0.05) is 18.3 Å². The molecule has 2 rings (SSSR count). The Morgan fingerprint density at radius 1 is 1.41 bits per heavy atom. The van der Waals surface area contributed by atoms with Gasteiger partial charge < -0.3 is 14.8 Å². The first-order valence-corrected chi connectivity index (χ1v) is 7.50. The third-order valence-corrected chi connectivity index (χ3v) is 3.12. The first kappa shape index (κ1) is 16.5. The SMILES string of the molecule is CC(C)(C)OC(=O)Nc1ccc(OC2CCCNC2)c(F)c1. The van der Waals surface area contributed by atoms with E-state index in [0.29, 0.717) is 5.69 Å². The number of hydrogen-bond acceptors (Lipinski definition) is 4. The zero-order valence-electron chi connectivity index (χ0n) is 13.2. The lowest BCUT2D eigenvalue weighted by Crippen LogP contribution is -2.37. The van der Waals surface area contributed by atoms with E-state index in [4.69, 9.17) is 9.47 Å². The van der Waals surface area contributed by atoms with E-state index in [0.717, 1.165) is 25.9 Å². The van der Waals surface area contributed by atoms with Crippen molar-refractivity contribution in [2.24, 2.45) is 0 Å². The van der Waals surface area contributed by atoms with E-state index >= 15 is 0 Å². The van der Waals surface area contributed by atoms with E-state index in [1.807, 2.05) is 0 Å². The summed E-state index contributed by atoms with van der Waals surface area (Å²) in [6, 6.07) is 4.35. The molecule has 5 nitrogen and oxygen atoms in total. The first-order valence-electron chi connectivity index (χ1n) is 7.50. The summed E-state index contributed by atoms with van der Waals surface area (Å²) in [5.41, 5.74) is -0.263. The van der Waals surface area contributed by atoms with Gasteiger partial charge in [-0.05, 0) is 52.3 Å². The Kier molecular flexibility index (Phi) is 5.24. The molecule has 0 saturated carbocycles. The lowest BCUT2D eigenvalue weighted by molar-refractivity contribution is 0.0636. The van der Waals surface area contributed by atoms with Crippen molar-refractivity contribution in [3.8, 4) is 5.75 Å². The Hall–Kier alpha value is -1.82. The topological polar surface area (TPSA) is 59.6 Å². The normalized spacial score (nSPS) is 18.6. The van der Waals surface area contributed by atoms with Gasteiger partial charge in [-0.25, -0.2) is 9.18 Å². The molecular weight excluding hydrogens is 287 g/mol. The number of ether oxygens (including phenoxy) is 2. The Morgan fingerprint density at radius 2 is 2.18 bits per heavy atom. The van der Waals surface area contributed by atoms with E-state index < -0.39 is 17.5 Å². The average Bonchev–Trinajstić information content (AvgIpc) is 2.41. The van der Waals surface area contributed by atoms with Crippen LogP contribution in [0.4, 0.5) is 14.9 Å². The number of rotatable bonds is 3. The smallest absolute Gasteiger partial charge is 0.412 e. The van der Waals surface area contributed by atoms with Crippen LogP contribution in [-0.4, -0.2) is 30.9 Å². The average molecular weight is 310 g/mol. The van der Waals surface area contributed by atoms with Crippen LogP contribution in [-0.2, 0) is 4.74 Å². The molecule has 0 bridgehead atoms. The third kappa shape index (κ3) is 5.18. The largest absolute Gasteiger partial charge is 0.486 e. The number of carbonyl (C=O) groups is 1. The van der Waals surface area contributed by atoms with Gasteiger partial charge in [0.15, 0.2) is 11.6 Å². The number of halogens is 1. The van der Waals surface area contributed by atoms with Crippen LogP contribution in [0.5, 0.6) is 5.75 Å². The van der Waals surface area contributed by atoms with Crippen LogP contribution in [0.1, 0.15) is 33.6 Å². The third-order valence-electron chi connectivity index (χ3n) is 3.12. The second-order valence-electron chi connectivity index (χ2n) is 6.36. The molecule has 2 N–H and O–H groups in total. The second-order valence-corrected chi connectivity index (χ2v) is 6.36. The molecule has 1 heterocycles. The molecule has 1 aromatic carbocycles. The van der Waals surface area contributed by atoms with Gasteiger partial charge in [0.1, 0.15) is 11.7 Å². The summed E-state index contributed by atoms with van der Waals surface area (Å²) in [6.07, 6.45) is 1.29. The number of amides is 1. The predicted molar refractivity (Wildman–Crippen MR) is 82.8 cm³/mol. The molecule has 1 amide bonds. The standard InChI is InChI=1S/C16H23FN2O3/c1-16(2,3)22-15(20)19-11-6-7-14(13(17)9-11)21-12-5-4-8-18-10-12/h6-7,9,12,18H,4-5,8,10H2,1-3H3,(H,19,20). The maximum Gasteiger partial charge on any atom is 0.412 e. The highest BCUT2D eigenvalue weighted by Crippen LogP contribution is 2.24. The van der Waals surface area contributed by atoms with Gasteiger partial charge >= 0.3 is 6.09 Å². The van der Waals surface area contributed by atoms with Gasteiger partial charge in [-0.3, -0.25) is 5.32 Å². The van der Waals surface area contributed by atoms with E-state index in [9.17, 15) is 9.18 Å². The van der Waals surface area contributed by atoms with Crippen LogP contribution >= 0.6 is 0 Å². The molecule has 1 unspecified atom stereocenters. The van der Waals surface area contributed by atoms with Crippen LogP contribution in [0.15, 0.2) is 18.2 Å². The molecule has 1 fully saturated rings. The van der Waals surface area contributed by atoms with Crippen LogP contribution in [0.3, 0.4) is 0 Å². The molecule has 122 valence electrons. The number of nitrogens with one attached hydrogen (secondary N) is 2. The van der Waals surface area contributed by atoms with Crippen LogP contribution < -0.4 is 15.4 Å². The molecule has 1 aromatic rings. The molecule has 0 aliphatic carbocycles. The van der Waals surface area contributed by atoms with Crippen molar-refractivity contribution in [2.75, 3.05) is 18.4 Å². The fourth-order valence-electron chi connectivity index (χ4n) is 2.20. The lowest BCUT2D eigenvalue weighted by atomic mass is 10.1. The van der Waals surface area contributed by atoms with Gasteiger partial charge in [0.2, 0.25) is 0 Å². The van der Waals surface area contributed by atoms with Gasteiger partial charge in [0.05, 0.1) is 0 Å². The van der Waals surface area contributed by atoms with Gasteiger partial charge in [-0.15, -0.1) is 0 Å². The number of piperidine rings is 1. The highest BCUT2D eigenvalue weighted by molar-refractivity contribution is 5.84. The van der Waals surface area contributed by atoms with Crippen LogP contribution in [0.25, 0.3) is 0 Å². The van der Waals surface area contributed by atoms with Crippen molar-refractivity contribution < 1.29 is 18.7 Å². The highest BCUT2D eigenvalue weighted by Gasteiger charge is 2.18. The minimum absolute atomic E-state index is 0.0204. The molecule has 1 aliphatic rings.